The van der Waals surface area contributed by atoms with Crippen molar-refractivity contribution in [2.75, 3.05) is 4.72 Å². The lowest BCUT2D eigenvalue weighted by atomic mass is 10.5. The molecule has 0 spiro atoms. The van der Waals surface area contributed by atoms with Crippen LogP contribution in [0.4, 0.5) is 5.82 Å². The fraction of sp³-hybridized carbons (Fsp3) is 0.286. The first-order chi connectivity index (χ1) is 6.56. The van der Waals surface area contributed by atoms with Crippen LogP contribution in [0.1, 0.15) is 6.92 Å². The van der Waals surface area contributed by atoms with Crippen LogP contribution in [0.3, 0.4) is 0 Å². The highest BCUT2D eigenvalue weighted by atomic mass is 32.2. The molecule has 0 bridgehead atoms. The van der Waals surface area contributed by atoms with Gasteiger partial charge in [-0.05, 0) is 6.92 Å². The highest BCUT2D eigenvalue weighted by Crippen LogP contribution is 2.05. The second-order valence-electron chi connectivity index (χ2n) is 2.51. The van der Waals surface area contributed by atoms with Crippen molar-refractivity contribution in [1.82, 2.24) is 9.97 Å². The molecule has 0 fully saturated rings. The predicted octanol–water partition coefficient (Wildman–Crippen LogP) is 0.130. The van der Waals surface area contributed by atoms with Gasteiger partial charge in [0.25, 0.3) is 0 Å². The quantitative estimate of drug-likeness (QED) is 0.768. The van der Waals surface area contributed by atoms with Crippen LogP contribution in [-0.2, 0) is 10.0 Å². The fourth-order valence-corrected chi connectivity index (χ4v) is 1.37. The monoisotopic (exact) mass is 212 g/mol. The van der Waals surface area contributed by atoms with E-state index in [1.165, 1.54) is 25.5 Å². The predicted molar refractivity (Wildman–Crippen MR) is 49.6 cm³/mol. The van der Waals surface area contributed by atoms with Gasteiger partial charge >= 0.3 is 0 Å². The summed E-state index contributed by atoms with van der Waals surface area (Å²) >= 11 is 0. The van der Waals surface area contributed by atoms with Crippen LogP contribution < -0.4 is 4.72 Å². The van der Waals surface area contributed by atoms with Gasteiger partial charge in [-0.25, -0.2) is 13.4 Å². The van der Waals surface area contributed by atoms with E-state index < -0.39 is 15.3 Å². The Hall–Kier alpha value is -1.68. The van der Waals surface area contributed by atoms with Crippen molar-refractivity contribution in [3.05, 3.63) is 18.6 Å². The summed E-state index contributed by atoms with van der Waals surface area (Å²) < 4.78 is 24.8. The molecule has 1 heterocycles. The third-order valence-corrected chi connectivity index (χ3v) is 2.99. The zero-order valence-corrected chi connectivity index (χ0v) is 8.19. The number of hydrogen-bond donors (Lipinski definition) is 1. The highest BCUT2D eigenvalue weighted by Gasteiger charge is 2.20. The molecule has 7 heteroatoms. The van der Waals surface area contributed by atoms with Gasteiger partial charge in [0.1, 0.15) is 0 Å². The summed E-state index contributed by atoms with van der Waals surface area (Å²) in [5, 5.41) is 7.32. The molecule has 14 heavy (non-hydrogen) atoms. The average Bonchev–Trinajstić information content (AvgIpc) is 2.17. The number of nitrogens with zero attached hydrogens (tertiary/aromatic N) is 3. The minimum atomic E-state index is -3.68. The highest BCUT2D eigenvalue weighted by molar-refractivity contribution is 7.93. The van der Waals surface area contributed by atoms with Crippen LogP contribution in [0.5, 0.6) is 0 Å². The topological polar surface area (TPSA) is 95.7 Å². The van der Waals surface area contributed by atoms with Gasteiger partial charge in [-0.3, -0.25) is 9.71 Å². The van der Waals surface area contributed by atoms with Crippen LogP contribution in [0, 0.1) is 11.3 Å². The molecule has 6 nitrogen and oxygen atoms in total. The number of nitriles is 1. The number of sulfonamides is 1. The second kappa shape index (κ2) is 4.02. The molecule has 1 N–H and O–H groups in total. The molecule has 1 rings (SSSR count). The Kier molecular flexibility index (Phi) is 2.99. The van der Waals surface area contributed by atoms with Gasteiger partial charge in [0.2, 0.25) is 10.0 Å². The van der Waals surface area contributed by atoms with E-state index in [-0.39, 0.29) is 5.82 Å². The normalized spacial score (nSPS) is 12.9. The number of rotatable bonds is 3. The molecule has 0 aliphatic heterocycles. The number of anilines is 1. The number of aromatic nitrogens is 2. The Morgan fingerprint density at radius 3 is 2.79 bits per heavy atom. The molecular formula is C7H8N4O2S. The van der Waals surface area contributed by atoms with E-state index in [4.69, 9.17) is 5.26 Å². The first-order valence-corrected chi connectivity index (χ1v) is 5.28. The lowest BCUT2D eigenvalue weighted by Crippen LogP contribution is -2.24. The molecule has 0 saturated carbocycles. The molecule has 0 aromatic carbocycles. The van der Waals surface area contributed by atoms with Crippen LogP contribution in [0.15, 0.2) is 18.6 Å². The van der Waals surface area contributed by atoms with Gasteiger partial charge in [-0.1, -0.05) is 0 Å². The van der Waals surface area contributed by atoms with Crippen molar-refractivity contribution >= 4 is 15.8 Å². The molecular weight excluding hydrogens is 204 g/mol. The van der Waals surface area contributed by atoms with Crippen molar-refractivity contribution in [3.8, 4) is 6.07 Å². The lowest BCUT2D eigenvalue weighted by molar-refractivity contribution is 0.597. The number of hydrogen-bond acceptors (Lipinski definition) is 5. The summed E-state index contributed by atoms with van der Waals surface area (Å²) in [4.78, 5) is 7.40. The van der Waals surface area contributed by atoms with Gasteiger partial charge in [0.05, 0.1) is 12.3 Å². The fourth-order valence-electron chi connectivity index (χ4n) is 0.655. The van der Waals surface area contributed by atoms with Gasteiger partial charge < -0.3 is 0 Å². The van der Waals surface area contributed by atoms with E-state index in [1.807, 2.05) is 0 Å². The SMILES string of the molecule is CC(C#N)S(=O)(=O)Nc1cnccn1. The van der Waals surface area contributed by atoms with Crippen molar-refractivity contribution < 1.29 is 8.42 Å². The van der Waals surface area contributed by atoms with Crippen LogP contribution >= 0.6 is 0 Å². The summed E-state index contributed by atoms with van der Waals surface area (Å²) in [7, 11) is -3.68. The van der Waals surface area contributed by atoms with Crippen molar-refractivity contribution in [2.45, 2.75) is 12.2 Å². The minimum absolute atomic E-state index is 0.106. The molecule has 0 saturated heterocycles. The van der Waals surface area contributed by atoms with E-state index in [0.29, 0.717) is 0 Å². The number of nitrogens with one attached hydrogen (secondary N) is 1. The summed E-state index contributed by atoms with van der Waals surface area (Å²) in [5.74, 6) is 0.106. The Morgan fingerprint density at radius 1 is 1.57 bits per heavy atom. The largest absolute Gasteiger partial charge is 0.265 e. The van der Waals surface area contributed by atoms with E-state index in [0.717, 1.165) is 0 Å². The zero-order chi connectivity index (χ0) is 10.6. The van der Waals surface area contributed by atoms with Gasteiger partial charge in [-0.15, -0.1) is 0 Å². The Bertz CT molecular complexity index is 437. The molecule has 1 atom stereocenters. The maximum atomic E-state index is 11.3. The van der Waals surface area contributed by atoms with Gasteiger partial charge in [0.15, 0.2) is 11.1 Å². The van der Waals surface area contributed by atoms with E-state index in [2.05, 4.69) is 14.7 Å². The second-order valence-corrected chi connectivity index (χ2v) is 4.51. The molecule has 1 aromatic heterocycles. The Labute approximate surface area is 81.7 Å². The standard InChI is InChI=1S/C7H8N4O2S/c1-6(4-8)14(12,13)11-7-5-9-2-3-10-7/h2-3,5-6H,1H3,(H,10,11). The molecule has 74 valence electrons. The first-order valence-electron chi connectivity index (χ1n) is 3.73. The molecule has 0 aliphatic carbocycles. The summed E-state index contributed by atoms with van der Waals surface area (Å²) in [6, 6.07) is 1.63. The van der Waals surface area contributed by atoms with E-state index in [1.54, 1.807) is 6.07 Å². The molecule has 0 radical (unpaired) electrons. The molecule has 0 aliphatic rings. The van der Waals surface area contributed by atoms with Crippen molar-refractivity contribution in [1.29, 1.82) is 5.26 Å². The summed E-state index contributed by atoms with van der Waals surface area (Å²) in [6.07, 6.45) is 4.04. The van der Waals surface area contributed by atoms with E-state index in [9.17, 15) is 8.42 Å². The molecule has 1 aromatic rings. The third-order valence-electron chi connectivity index (χ3n) is 1.46. The zero-order valence-electron chi connectivity index (χ0n) is 7.38. The Morgan fingerprint density at radius 2 is 2.29 bits per heavy atom. The summed E-state index contributed by atoms with van der Waals surface area (Å²) in [5.41, 5.74) is 0. The maximum Gasteiger partial charge on any atom is 0.250 e. The third kappa shape index (κ3) is 2.40. The average molecular weight is 212 g/mol. The smallest absolute Gasteiger partial charge is 0.250 e. The maximum absolute atomic E-state index is 11.3. The Balaban J connectivity index is 2.86. The van der Waals surface area contributed by atoms with Gasteiger partial charge in [-0.2, -0.15) is 5.26 Å². The van der Waals surface area contributed by atoms with Gasteiger partial charge in [0, 0.05) is 12.4 Å². The molecule has 0 amide bonds. The first kappa shape index (κ1) is 10.4. The molecule has 1 unspecified atom stereocenters. The van der Waals surface area contributed by atoms with Crippen LogP contribution in [-0.4, -0.2) is 23.6 Å². The lowest BCUT2D eigenvalue weighted by Gasteiger charge is -2.06. The van der Waals surface area contributed by atoms with E-state index >= 15 is 0 Å². The minimum Gasteiger partial charge on any atom is -0.265 e. The van der Waals surface area contributed by atoms with Crippen LogP contribution in [0.2, 0.25) is 0 Å². The van der Waals surface area contributed by atoms with Crippen molar-refractivity contribution in [3.63, 3.8) is 0 Å². The van der Waals surface area contributed by atoms with Crippen LogP contribution in [0.25, 0.3) is 0 Å². The van der Waals surface area contributed by atoms with Crippen molar-refractivity contribution in [2.24, 2.45) is 0 Å². The summed E-state index contributed by atoms with van der Waals surface area (Å²) in [6.45, 7) is 1.29.